The maximum absolute atomic E-state index is 12.5. The van der Waals surface area contributed by atoms with Crippen molar-refractivity contribution in [2.75, 3.05) is 5.32 Å². The van der Waals surface area contributed by atoms with Gasteiger partial charge in [-0.15, -0.1) is 10.2 Å². The van der Waals surface area contributed by atoms with Gasteiger partial charge in [0.2, 0.25) is 11.0 Å². The summed E-state index contributed by atoms with van der Waals surface area (Å²) < 4.78 is 0. The van der Waals surface area contributed by atoms with Gasteiger partial charge in [0.05, 0.1) is 5.92 Å². The zero-order valence-electron chi connectivity index (χ0n) is 13.5. The van der Waals surface area contributed by atoms with Crippen LogP contribution in [0.15, 0.2) is 30.3 Å². The summed E-state index contributed by atoms with van der Waals surface area (Å²) in [6, 6.07) is 9.90. The molecule has 0 bridgehead atoms. The van der Waals surface area contributed by atoms with Crippen molar-refractivity contribution < 1.29 is 4.79 Å². The summed E-state index contributed by atoms with van der Waals surface area (Å²) in [4.78, 5) is 12.5. The van der Waals surface area contributed by atoms with E-state index in [4.69, 9.17) is 0 Å². The third-order valence-electron chi connectivity index (χ3n) is 4.56. The number of nitrogens with one attached hydrogen (secondary N) is 1. The third-order valence-corrected chi connectivity index (χ3v) is 5.42. The van der Waals surface area contributed by atoms with Crippen molar-refractivity contribution in [3.05, 3.63) is 40.9 Å². The fourth-order valence-corrected chi connectivity index (χ4v) is 4.16. The van der Waals surface area contributed by atoms with Crippen LogP contribution in [0.2, 0.25) is 0 Å². The number of nitrogens with zero attached hydrogens (tertiary/aromatic N) is 2. The third kappa shape index (κ3) is 4.16. The quantitative estimate of drug-likeness (QED) is 0.854. The van der Waals surface area contributed by atoms with E-state index in [2.05, 4.69) is 15.5 Å². The summed E-state index contributed by atoms with van der Waals surface area (Å²) in [7, 11) is 0. The van der Waals surface area contributed by atoms with Gasteiger partial charge >= 0.3 is 0 Å². The molecule has 122 valence electrons. The first-order valence-electron chi connectivity index (χ1n) is 8.44. The van der Waals surface area contributed by atoms with Gasteiger partial charge in [0.1, 0.15) is 5.01 Å². The number of hydrogen-bond donors (Lipinski definition) is 1. The maximum atomic E-state index is 12.5. The van der Waals surface area contributed by atoms with Crippen molar-refractivity contribution in [2.45, 2.75) is 51.4 Å². The zero-order chi connectivity index (χ0) is 16.1. The number of rotatable bonds is 6. The van der Waals surface area contributed by atoms with Crippen molar-refractivity contribution >= 4 is 22.4 Å². The second kappa shape index (κ2) is 7.68. The van der Waals surface area contributed by atoms with Crippen LogP contribution in [0.3, 0.4) is 0 Å². The van der Waals surface area contributed by atoms with Gasteiger partial charge in [-0.1, -0.05) is 74.3 Å². The SMILES string of the molecule is CCC(C(=O)Nc1nnc(CC2CCCC2)s1)c1ccccc1. The van der Waals surface area contributed by atoms with Crippen LogP contribution in [0.4, 0.5) is 5.13 Å². The molecule has 1 heterocycles. The molecule has 1 aliphatic rings. The molecular weight excluding hydrogens is 306 g/mol. The van der Waals surface area contributed by atoms with Gasteiger partial charge in [0.15, 0.2) is 0 Å². The topological polar surface area (TPSA) is 54.9 Å². The summed E-state index contributed by atoms with van der Waals surface area (Å²) in [5, 5.41) is 13.0. The summed E-state index contributed by atoms with van der Waals surface area (Å²) in [6.07, 6.45) is 7.04. The van der Waals surface area contributed by atoms with Crippen LogP contribution < -0.4 is 5.32 Å². The minimum atomic E-state index is -0.140. The molecule has 1 fully saturated rings. The molecule has 0 spiro atoms. The summed E-state index contributed by atoms with van der Waals surface area (Å²) in [5.74, 6) is 0.611. The highest BCUT2D eigenvalue weighted by Crippen LogP contribution is 2.30. The number of hydrogen-bond acceptors (Lipinski definition) is 4. The van der Waals surface area contributed by atoms with Gasteiger partial charge in [-0.25, -0.2) is 0 Å². The fraction of sp³-hybridized carbons (Fsp3) is 0.500. The van der Waals surface area contributed by atoms with Crippen LogP contribution in [-0.2, 0) is 11.2 Å². The molecule has 1 aromatic carbocycles. The van der Waals surface area contributed by atoms with Gasteiger partial charge in [-0.05, 0) is 17.9 Å². The highest BCUT2D eigenvalue weighted by atomic mass is 32.1. The summed E-state index contributed by atoms with van der Waals surface area (Å²) in [6.45, 7) is 2.03. The van der Waals surface area contributed by atoms with Crippen molar-refractivity contribution in [2.24, 2.45) is 5.92 Å². The fourth-order valence-electron chi connectivity index (χ4n) is 3.30. The molecule has 0 aliphatic heterocycles. The van der Waals surface area contributed by atoms with Crippen LogP contribution in [0.25, 0.3) is 0 Å². The number of aromatic nitrogens is 2. The molecule has 0 saturated heterocycles. The van der Waals surface area contributed by atoms with E-state index in [0.717, 1.165) is 29.3 Å². The van der Waals surface area contributed by atoms with Crippen LogP contribution >= 0.6 is 11.3 Å². The van der Waals surface area contributed by atoms with Gasteiger partial charge in [-0.3, -0.25) is 10.1 Å². The first-order valence-corrected chi connectivity index (χ1v) is 9.26. The lowest BCUT2D eigenvalue weighted by Gasteiger charge is -2.13. The van der Waals surface area contributed by atoms with E-state index in [1.807, 2.05) is 37.3 Å². The van der Waals surface area contributed by atoms with E-state index in [-0.39, 0.29) is 11.8 Å². The highest BCUT2D eigenvalue weighted by Gasteiger charge is 2.21. The molecule has 1 aliphatic carbocycles. The molecule has 1 unspecified atom stereocenters. The van der Waals surface area contributed by atoms with Gasteiger partial charge in [-0.2, -0.15) is 0 Å². The predicted octanol–water partition coefficient (Wildman–Crippen LogP) is 4.40. The van der Waals surface area contributed by atoms with Gasteiger partial charge in [0, 0.05) is 6.42 Å². The van der Waals surface area contributed by atoms with Crippen LogP contribution in [0.1, 0.15) is 55.5 Å². The Kier molecular flexibility index (Phi) is 5.39. The Morgan fingerprint density at radius 3 is 2.70 bits per heavy atom. The van der Waals surface area contributed by atoms with E-state index in [0.29, 0.717) is 5.13 Å². The van der Waals surface area contributed by atoms with Crippen LogP contribution in [0.5, 0.6) is 0 Å². The molecule has 5 heteroatoms. The number of anilines is 1. The van der Waals surface area contributed by atoms with Crippen LogP contribution in [0, 0.1) is 5.92 Å². The average Bonchev–Trinajstić information content (AvgIpc) is 3.22. The van der Waals surface area contributed by atoms with Crippen molar-refractivity contribution in [1.29, 1.82) is 0 Å². The smallest absolute Gasteiger partial charge is 0.233 e. The lowest BCUT2D eigenvalue weighted by Crippen LogP contribution is -2.20. The Morgan fingerprint density at radius 2 is 2.00 bits per heavy atom. The molecule has 1 saturated carbocycles. The van der Waals surface area contributed by atoms with E-state index >= 15 is 0 Å². The minimum absolute atomic E-state index is 0.00210. The number of carbonyl (C=O) groups is 1. The predicted molar refractivity (Wildman–Crippen MR) is 93.7 cm³/mol. The average molecular weight is 329 g/mol. The number of amides is 1. The van der Waals surface area contributed by atoms with Gasteiger partial charge in [0.25, 0.3) is 0 Å². The van der Waals surface area contributed by atoms with Crippen molar-refractivity contribution in [1.82, 2.24) is 10.2 Å². The molecule has 1 atom stereocenters. The maximum Gasteiger partial charge on any atom is 0.233 e. The Morgan fingerprint density at radius 1 is 1.26 bits per heavy atom. The van der Waals surface area contributed by atoms with E-state index in [9.17, 15) is 4.79 Å². The molecule has 3 rings (SSSR count). The molecule has 23 heavy (non-hydrogen) atoms. The van der Waals surface area contributed by atoms with Gasteiger partial charge < -0.3 is 0 Å². The second-order valence-corrected chi connectivity index (χ2v) is 7.28. The van der Waals surface area contributed by atoms with Crippen molar-refractivity contribution in [3.63, 3.8) is 0 Å². The van der Waals surface area contributed by atoms with Crippen molar-refractivity contribution in [3.8, 4) is 0 Å². The first kappa shape index (κ1) is 16.1. The largest absolute Gasteiger partial charge is 0.300 e. The first-order chi connectivity index (χ1) is 11.3. The number of benzene rings is 1. The minimum Gasteiger partial charge on any atom is -0.300 e. The Balaban J connectivity index is 1.61. The second-order valence-electron chi connectivity index (χ2n) is 6.22. The number of carbonyl (C=O) groups excluding carboxylic acids is 1. The Labute approximate surface area is 141 Å². The summed E-state index contributed by atoms with van der Waals surface area (Å²) in [5.41, 5.74) is 1.04. The van der Waals surface area contributed by atoms with E-state index in [1.165, 1.54) is 37.0 Å². The normalized spacial score (nSPS) is 16.4. The van der Waals surface area contributed by atoms with Crippen LogP contribution in [-0.4, -0.2) is 16.1 Å². The standard InChI is InChI=1S/C18H23N3OS/c1-2-15(14-10-4-3-5-11-14)17(22)19-18-21-20-16(23-18)12-13-8-6-7-9-13/h3-5,10-11,13,15H,2,6-9,12H2,1H3,(H,19,21,22). The van der Waals surface area contributed by atoms with E-state index < -0.39 is 0 Å². The molecule has 1 aromatic heterocycles. The molecule has 1 amide bonds. The lowest BCUT2D eigenvalue weighted by atomic mass is 9.96. The Bertz CT molecular complexity index is 635. The monoisotopic (exact) mass is 329 g/mol. The zero-order valence-corrected chi connectivity index (χ0v) is 14.3. The highest BCUT2D eigenvalue weighted by molar-refractivity contribution is 7.15. The van der Waals surface area contributed by atoms with E-state index in [1.54, 1.807) is 0 Å². The lowest BCUT2D eigenvalue weighted by molar-refractivity contribution is -0.117. The molecule has 1 N–H and O–H groups in total. The summed E-state index contributed by atoms with van der Waals surface area (Å²) >= 11 is 1.52. The molecular formula is C18H23N3OS. The molecule has 0 radical (unpaired) electrons. The Hall–Kier alpha value is -1.75. The molecule has 4 nitrogen and oxygen atoms in total. The molecule has 2 aromatic rings.